The van der Waals surface area contributed by atoms with Crippen LogP contribution in [0, 0.1) is 11.8 Å². The minimum absolute atomic E-state index is 0.0518. The molecular weight excluding hydrogens is 432 g/mol. The van der Waals surface area contributed by atoms with E-state index in [9.17, 15) is 14.4 Å². The molecule has 2 amide bonds. The van der Waals surface area contributed by atoms with Gasteiger partial charge in [0.2, 0.25) is 5.91 Å². The van der Waals surface area contributed by atoms with Crippen molar-refractivity contribution in [1.29, 1.82) is 0 Å². The Kier molecular flexibility index (Phi) is 7.20. The largest absolute Gasteiger partial charge is 0.481 e. The van der Waals surface area contributed by atoms with Gasteiger partial charge in [-0.25, -0.2) is 4.79 Å². The Balaban J connectivity index is 1.36. The highest BCUT2D eigenvalue weighted by Crippen LogP contribution is 2.44. The third kappa shape index (κ3) is 5.24. The topological polar surface area (TPSA) is 105 Å². The van der Waals surface area contributed by atoms with E-state index >= 15 is 0 Å². The summed E-state index contributed by atoms with van der Waals surface area (Å²) in [6.45, 7) is 4.30. The number of rotatable bonds is 9. The number of carbonyl (C=O) groups excluding carboxylic acids is 2. The van der Waals surface area contributed by atoms with Crippen LogP contribution in [0.15, 0.2) is 48.5 Å². The molecule has 2 aliphatic carbocycles. The van der Waals surface area contributed by atoms with Gasteiger partial charge in [0, 0.05) is 12.0 Å². The highest BCUT2D eigenvalue weighted by Gasteiger charge is 2.37. The van der Waals surface area contributed by atoms with Crippen LogP contribution < -0.4 is 10.6 Å². The standard InChI is InChI=1S/C27H32N2O5/c1-16(2)11-12-24(25(30)28-18-13-17(14-18)26(31)32)29-27(33)34-15-23-21-9-5-3-7-19(21)20-8-4-6-10-22(20)23/h3-10,16-18,23-24H,11-15H2,1-2H3,(H,28,30)(H,29,33)(H,31,32). The molecule has 1 saturated carbocycles. The lowest BCUT2D eigenvalue weighted by Crippen LogP contribution is -2.53. The van der Waals surface area contributed by atoms with Gasteiger partial charge in [0.1, 0.15) is 12.6 Å². The van der Waals surface area contributed by atoms with Gasteiger partial charge < -0.3 is 20.5 Å². The molecule has 0 heterocycles. The van der Waals surface area contributed by atoms with E-state index in [2.05, 4.69) is 48.7 Å². The van der Waals surface area contributed by atoms with E-state index in [1.54, 1.807) is 0 Å². The Morgan fingerprint density at radius 3 is 2.12 bits per heavy atom. The van der Waals surface area contributed by atoms with Crippen LogP contribution in [0.4, 0.5) is 4.79 Å². The smallest absolute Gasteiger partial charge is 0.407 e. The SMILES string of the molecule is CC(C)CCC(NC(=O)OCC1c2ccccc2-c2ccccc21)C(=O)NC1CC(C(=O)O)C1. The van der Waals surface area contributed by atoms with Crippen molar-refractivity contribution < 1.29 is 24.2 Å². The lowest BCUT2D eigenvalue weighted by molar-refractivity contribution is -0.146. The number of benzene rings is 2. The van der Waals surface area contributed by atoms with Crippen LogP contribution in [0.1, 0.15) is 56.6 Å². The third-order valence-electron chi connectivity index (χ3n) is 6.82. The summed E-state index contributed by atoms with van der Waals surface area (Å²) in [5.41, 5.74) is 4.56. The fourth-order valence-corrected chi connectivity index (χ4v) is 4.79. The first-order valence-corrected chi connectivity index (χ1v) is 12.0. The second-order valence-electron chi connectivity index (χ2n) is 9.71. The van der Waals surface area contributed by atoms with E-state index in [0.717, 1.165) is 28.7 Å². The molecule has 1 fully saturated rings. The summed E-state index contributed by atoms with van der Waals surface area (Å²) in [4.78, 5) is 36.6. The molecule has 7 heteroatoms. The summed E-state index contributed by atoms with van der Waals surface area (Å²) < 4.78 is 5.61. The molecule has 0 saturated heterocycles. The van der Waals surface area contributed by atoms with Crippen molar-refractivity contribution in [2.24, 2.45) is 11.8 Å². The van der Waals surface area contributed by atoms with Crippen molar-refractivity contribution in [1.82, 2.24) is 10.6 Å². The monoisotopic (exact) mass is 464 g/mol. The Bertz CT molecular complexity index is 1010. The molecule has 2 aliphatic rings. The summed E-state index contributed by atoms with van der Waals surface area (Å²) in [7, 11) is 0. The van der Waals surface area contributed by atoms with Crippen molar-refractivity contribution in [3.8, 4) is 11.1 Å². The highest BCUT2D eigenvalue weighted by molar-refractivity contribution is 5.86. The van der Waals surface area contributed by atoms with E-state index in [1.807, 2.05) is 24.3 Å². The first-order chi connectivity index (χ1) is 16.3. The fourth-order valence-electron chi connectivity index (χ4n) is 4.79. The summed E-state index contributed by atoms with van der Waals surface area (Å²) in [6.07, 6.45) is 1.47. The number of carboxylic acids is 1. The molecule has 34 heavy (non-hydrogen) atoms. The van der Waals surface area contributed by atoms with Crippen molar-refractivity contribution in [2.45, 2.75) is 57.5 Å². The molecule has 2 aromatic carbocycles. The highest BCUT2D eigenvalue weighted by atomic mass is 16.5. The van der Waals surface area contributed by atoms with Gasteiger partial charge in [0.05, 0.1) is 5.92 Å². The van der Waals surface area contributed by atoms with E-state index in [0.29, 0.717) is 25.2 Å². The lowest BCUT2D eigenvalue weighted by atomic mass is 9.80. The molecular formula is C27H32N2O5. The van der Waals surface area contributed by atoms with Gasteiger partial charge in [-0.2, -0.15) is 0 Å². The second kappa shape index (κ2) is 10.3. The lowest BCUT2D eigenvalue weighted by Gasteiger charge is -2.34. The second-order valence-corrected chi connectivity index (χ2v) is 9.71. The third-order valence-corrected chi connectivity index (χ3v) is 6.82. The minimum atomic E-state index is -0.835. The van der Waals surface area contributed by atoms with Crippen LogP contribution in [0.2, 0.25) is 0 Å². The molecule has 0 spiro atoms. The van der Waals surface area contributed by atoms with Crippen LogP contribution in [-0.4, -0.2) is 41.8 Å². The Morgan fingerprint density at radius 1 is 0.971 bits per heavy atom. The maximum Gasteiger partial charge on any atom is 0.407 e. The summed E-state index contributed by atoms with van der Waals surface area (Å²) in [5, 5.41) is 14.7. The van der Waals surface area contributed by atoms with Crippen LogP contribution in [0.3, 0.4) is 0 Å². The maximum atomic E-state index is 12.8. The van der Waals surface area contributed by atoms with Gasteiger partial charge >= 0.3 is 12.1 Å². The fraction of sp³-hybridized carbons (Fsp3) is 0.444. The van der Waals surface area contributed by atoms with E-state index < -0.39 is 24.0 Å². The van der Waals surface area contributed by atoms with Crippen LogP contribution >= 0.6 is 0 Å². The van der Waals surface area contributed by atoms with Gasteiger partial charge in [-0.3, -0.25) is 9.59 Å². The van der Waals surface area contributed by atoms with E-state index in [-0.39, 0.29) is 24.5 Å². The number of amides is 2. The summed E-state index contributed by atoms with van der Waals surface area (Å²) in [5.74, 6) is -1.21. The maximum absolute atomic E-state index is 12.8. The number of carbonyl (C=O) groups is 3. The molecule has 0 radical (unpaired) electrons. The van der Waals surface area contributed by atoms with E-state index in [1.165, 1.54) is 0 Å². The average Bonchev–Trinajstić information content (AvgIpc) is 3.10. The van der Waals surface area contributed by atoms with Gasteiger partial charge in [0.15, 0.2) is 0 Å². The predicted molar refractivity (Wildman–Crippen MR) is 128 cm³/mol. The van der Waals surface area contributed by atoms with Crippen molar-refractivity contribution in [3.05, 3.63) is 59.7 Å². The van der Waals surface area contributed by atoms with Crippen LogP contribution in [0.5, 0.6) is 0 Å². The van der Waals surface area contributed by atoms with Crippen molar-refractivity contribution in [3.63, 3.8) is 0 Å². The normalized spacial score (nSPS) is 19.5. The zero-order chi connectivity index (χ0) is 24.2. The number of ether oxygens (including phenoxy) is 1. The Hall–Kier alpha value is -3.35. The quantitative estimate of drug-likeness (QED) is 0.513. The predicted octanol–water partition coefficient (Wildman–Crippen LogP) is 4.31. The molecule has 1 unspecified atom stereocenters. The van der Waals surface area contributed by atoms with Crippen molar-refractivity contribution in [2.75, 3.05) is 6.61 Å². The number of carboxylic acid groups (broad SMARTS) is 1. The first kappa shape index (κ1) is 23.8. The zero-order valence-electron chi connectivity index (χ0n) is 19.6. The zero-order valence-corrected chi connectivity index (χ0v) is 19.6. The molecule has 180 valence electrons. The van der Waals surface area contributed by atoms with Crippen LogP contribution in [-0.2, 0) is 14.3 Å². The Labute approximate surface area is 199 Å². The van der Waals surface area contributed by atoms with E-state index in [4.69, 9.17) is 9.84 Å². The molecule has 4 rings (SSSR count). The molecule has 0 bridgehead atoms. The number of nitrogens with one attached hydrogen (secondary N) is 2. The molecule has 3 N–H and O–H groups in total. The van der Waals surface area contributed by atoms with Gasteiger partial charge in [-0.1, -0.05) is 62.4 Å². The van der Waals surface area contributed by atoms with Gasteiger partial charge in [0.25, 0.3) is 0 Å². The molecule has 7 nitrogen and oxygen atoms in total. The number of alkyl carbamates (subject to hydrolysis) is 1. The van der Waals surface area contributed by atoms with Gasteiger partial charge in [-0.05, 0) is 53.9 Å². The minimum Gasteiger partial charge on any atom is -0.481 e. The van der Waals surface area contributed by atoms with Crippen LogP contribution in [0.25, 0.3) is 11.1 Å². The number of hydrogen-bond donors (Lipinski definition) is 3. The Morgan fingerprint density at radius 2 is 1.56 bits per heavy atom. The summed E-state index contributed by atoms with van der Waals surface area (Å²) >= 11 is 0. The average molecular weight is 465 g/mol. The molecule has 1 atom stereocenters. The van der Waals surface area contributed by atoms with Crippen molar-refractivity contribution >= 4 is 18.0 Å². The van der Waals surface area contributed by atoms with Gasteiger partial charge in [-0.15, -0.1) is 0 Å². The number of fused-ring (bicyclic) bond motifs is 3. The first-order valence-electron chi connectivity index (χ1n) is 12.0. The molecule has 0 aromatic heterocycles. The number of aliphatic carboxylic acids is 1. The molecule has 0 aliphatic heterocycles. The number of hydrogen-bond acceptors (Lipinski definition) is 4. The summed E-state index contributed by atoms with van der Waals surface area (Å²) in [6, 6.07) is 15.4. The molecule has 2 aromatic rings.